The van der Waals surface area contributed by atoms with Crippen LogP contribution in [0.1, 0.15) is 46.6 Å². The summed E-state index contributed by atoms with van der Waals surface area (Å²) in [5.74, 6) is 0.296. The summed E-state index contributed by atoms with van der Waals surface area (Å²) in [6, 6.07) is 14.1. The molecule has 1 N–H and O–H groups in total. The molecular weight excluding hydrogens is 314 g/mol. The van der Waals surface area contributed by atoms with Crippen LogP contribution in [0.2, 0.25) is 0 Å². The van der Waals surface area contributed by atoms with Crippen LogP contribution in [0.15, 0.2) is 42.5 Å². The first-order valence-electron chi connectivity index (χ1n) is 8.35. The van der Waals surface area contributed by atoms with Crippen LogP contribution in [0.3, 0.4) is 0 Å². The average Bonchev–Trinajstić information content (AvgIpc) is 2.88. The first-order chi connectivity index (χ1) is 11.2. The quantitative estimate of drug-likeness (QED) is 0.600. The van der Waals surface area contributed by atoms with E-state index in [1.54, 1.807) is 17.4 Å². The molecule has 0 fully saturated rings. The number of benzene rings is 2. The molecule has 0 aliphatic carbocycles. The van der Waals surface area contributed by atoms with Crippen molar-refractivity contribution < 1.29 is 5.11 Å². The number of phenolic OH excluding ortho intramolecular Hbond substituents is 1. The molecule has 2 aromatic carbocycles. The van der Waals surface area contributed by atoms with Crippen LogP contribution in [0.4, 0.5) is 0 Å². The lowest BCUT2D eigenvalue weighted by Crippen LogP contribution is -2.24. The van der Waals surface area contributed by atoms with Gasteiger partial charge in [0.1, 0.15) is 10.8 Å². The van der Waals surface area contributed by atoms with Crippen LogP contribution >= 0.6 is 11.3 Å². The van der Waals surface area contributed by atoms with Crippen molar-refractivity contribution in [3.05, 3.63) is 48.0 Å². The fourth-order valence-electron chi connectivity index (χ4n) is 3.54. The van der Waals surface area contributed by atoms with Gasteiger partial charge >= 0.3 is 0 Å². The molecule has 0 aliphatic rings. The summed E-state index contributed by atoms with van der Waals surface area (Å²) in [6.45, 7) is 11.3. The molecule has 3 heteroatoms. The van der Waals surface area contributed by atoms with Crippen molar-refractivity contribution in [2.24, 2.45) is 5.41 Å². The lowest BCUT2D eigenvalue weighted by atomic mass is 9.72. The molecule has 126 valence electrons. The van der Waals surface area contributed by atoms with Gasteiger partial charge in [0.25, 0.3) is 0 Å². The summed E-state index contributed by atoms with van der Waals surface area (Å²) in [5, 5.41) is 11.3. The smallest absolute Gasteiger partial charge is 0.128 e. The van der Waals surface area contributed by atoms with Crippen LogP contribution in [0, 0.1) is 5.41 Å². The third kappa shape index (κ3) is 3.46. The van der Waals surface area contributed by atoms with Crippen molar-refractivity contribution in [2.75, 3.05) is 0 Å². The number of thiazole rings is 1. The molecule has 3 aromatic rings. The Balaban J connectivity index is 2.06. The number of hydrogen-bond donors (Lipinski definition) is 1. The van der Waals surface area contributed by atoms with Crippen molar-refractivity contribution in [3.63, 3.8) is 0 Å². The van der Waals surface area contributed by atoms with E-state index in [2.05, 4.69) is 46.8 Å². The normalized spacial score (nSPS) is 12.7. The predicted octanol–water partition coefficient (Wildman–Crippen LogP) is 6.38. The number of rotatable bonds is 3. The maximum absolute atomic E-state index is 10.4. The monoisotopic (exact) mass is 339 g/mol. The molecule has 3 rings (SSSR count). The highest BCUT2D eigenvalue weighted by molar-refractivity contribution is 7.21. The predicted molar refractivity (Wildman–Crippen MR) is 104 cm³/mol. The van der Waals surface area contributed by atoms with Gasteiger partial charge in [0, 0.05) is 0 Å². The maximum Gasteiger partial charge on any atom is 0.128 e. The highest BCUT2D eigenvalue weighted by Gasteiger charge is 2.28. The molecule has 0 bridgehead atoms. The molecule has 0 unspecified atom stereocenters. The Morgan fingerprint density at radius 2 is 1.71 bits per heavy atom. The zero-order valence-corrected chi connectivity index (χ0v) is 15.9. The SMILES string of the molecule is CC(C)(C)CC(C)(C)c1ccc(O)c(-c2nc3ccccc3s2)c1. The van der Waals surface area contributed by atoms with Gasteiger partial charge in [0.05, 0.1) is 15.8 Å². The number of para-hydroxylation sites is 1. The van der Waals surface area contributed by atoms with Gasteiger partial charge < -0.3 is 5.11 Å². The van der Waals surface area contributed by atoms with E-state index >= 15 is 0 Å². The highest BCUT2D eigenvalue weighted by atomic mass is 32.1. The Labute approximate surface area is 148 Å². The first kappa shape index (κ1) is 17.0. The first-order valence-corrected chi connectivity index (χ1v) is 9.17. The molecule has 0 saturated heterocycles. The molecule has 2 nitrogen and oxygen atoms in total. The average molecular weight is 340 g/mol. The molecule has 0 amide bonds. The fraction of sp³-hybridized carbons (Fsp3) is 0.381. The van der Waals surface area contributed by atoms with Gasteiger partial charge in [-0.25, -0.2) is 4.98 Å². The standard InChI is InChI=1S/C21H25NOS/c1-20(2,3)13-21(4,5)14-10-11-17(23)15(12-14)19-22-16-8-6-7-9-18(16)24-19/h6-12,23H,13H2,1-5H3. The van der Waals surface area contributed by atoms with E-state index in [1.807, 2.05) is 24.3 Å². The number of aromatic hydroxyl groups is 1. The third-order valence-corrected chi connectivity index (χ3v) is 5.34. The van der Waals surface area contributed by atoms with Gasteiger partial charge in [-0.05, 0) is 47.1 Å². The van der Waals surface area contributed by atoms with Crippen molar-refractivity contribution in [3.8, 4) is 16.3 Å². The molecule has 1 heterocycles. The minimum Gasteiger partial charge on any atom is -0.507 e. The fourth-order valence-corrected chi connectivity index (χ4v) is 4.53. The van der Waals surface area contributed by atoms with Crippen molar-refractivity contribution >= 4 is 21.6 Å². The van der Waals surface area contributed by atoms with E-state index in [0.717, 1.165) is 27.2 Å². The summed E-state index contributed by atoms with van der Waals surface area (Å²) < 4.78 is 1.14. The van der Waals surface area contributed by atoms with E-state index in [1.165, 1.54) is 5.56 Å². The van der Waals surface area contributed by atoms with E-state index in [0.29, 0.717) is 5.75 Å². The zero-order chi connectivity index (χ0) is 17.5. The number of hydrogen-bond acceptors (Lipinski definition) is 3. The topological polar surface area (TPSA) is 33.1 Å². The molecule has 0 spiro atoms. The lowest BCUT2D eigenvalue weighted by Gasteiger charge is -2.33. The number of phenols is 1. The van der Waals surface area contributed by atoms with Crippen molar-refractivity contribution in [1.29, 1.82) is 0 Å². The Morgan fingerprint density at radius 1 is 1.00 bits per heavy atom. The Bertz CT molecular complexity index is 838. The summed E-state index contributed by atoms with van der Waals surface area (Å²) in [6.07, 6.45) is 1.07. The second-order valence-electron chi connectivity index (χ2n) is 8.34. The number of aromatic nitrogens is 1. The summed E-state index contributed by atoms with van der Waals surface area (Å²) in [7, 11) is 0. The second kappa shape index (κ2) is 5.89. The van der Waals surface area contributed by atoms with Gasteiger partial charge in [-0.1, -0.05) is 52.8 Å². The lowest BCUT2D eigenvalue weighted by molar-refractivity contribution is 0.284. The Morgan fingerprint density at radius 3 is 2.38 bits per heavy atom. The molecule has 0 aliphatic heterocycles. The van der Waals surface area contributed by atoms with Gasteiger partial charge in [0.15, 0.2) is 0 Å². The third-order valence-electron chi connectivity index (χ3n) is 4.27. The van der Waals surface area contributed by atoms with E-state index < -0.39 is 0 Å². The number of nitrogens with zero attached hydrogens (tertiary/aromatic N) is 1. The second-order valence-corrected chi connectivity index (χ2v) is 9.37. The van der Waals surface area contributed by atoms with E-state index in [9.17, 15) is 5.11 Å². The highest BCUT2D eigenvalue weighted by Crippen LogP contribution is 2.41. The van der Waals surface area contributed by atoms with Crippen LogP contribution in [-0.4, -0.2) is 10.1 Å². The van der Waals surface area contributed by atoms with Gasteiger partial charge in [-0.15, -0.1) is 11.3 Å². The van der Waals surface area contributed by atoms with Gasteiger partial charge in [0.2, 0.25) is 0 Å². The van der Waals surface area contributed by atoms with Crippen LogP contribution in [-0.2, 0) is 5.41 Å². The summed E-state index contributed by atoms with van der Waals surface area (Å²) in [4.78, 5) is 4.70. The molecular formula is C21H25NOS. The van der Waals surface area contributed by atoms with Crippen molar-refractivity contribution in [2.45, 2.75) is 46.5 Å². The van der Waals surface area contributed by atoms with Gasteiger partial charge in [-0.2, -0.15) is 0 Å². The van der Waals surface area contributed by atoms with Crippen LogP contribution < -0.4 is 0 Å². The number of fused-ring (bicyclic) bond motifs is 1. The Hall–Kier alpha value is -1.87. The molecule has 0 radical (unpaired) electrons. The van der Waals surface area contributed by atoms with Crippen molar-refractivity contribution in [1.82, 2.24) is 4.98 Å². The minimum atomic E-state index is 0.0391. The largest absolute Gasteiger partial charge is 0.507 e. The van der Waals surface area contributed by atoms with Gasteiger partial charge in [-0.3, -0.25) is 0 Å². The summed E-state index contributed by atoms with van der Waals surface area (Å²) >= 11 is 1.63. The Kier molecular flexibility index (Phi) is 4.16. The van der Waals surface area contributed by atoms with E-state index in [4.69, 9.17) is 4.98 Å². The zero-order valence-electron chi connectivity index (χ0n) is 15.1. The van der Waals surface area contributed by atoms with E-state index in [-0.39, 0.29) is 10.8 Å². The van der Waals surface area contributed by atoms with Crippen LogP contribution in [0.25, 0.3) is 20.8 Å². The molecule has 24 heavy (non-hydrogen) atoms. The molecule has 1 aromatic heterocycles. The maximum atomic E-state index is 10.4. The molecule has 0 atom stereocenters. The summed E-state index contributed by atoms with van der Waals surface area (Å²) in [5.41, 5.74) is 3.34. The molecule has 0 saturated carbocycles. The minimum absolute atomic E-state index is 0.0391. The van der Waals surface area contributed by atoms with Crippen LogP contribution in [0.5, 0.6) is 5.75 Å².